The highest BCUT2D eigenvalue weighted by molar-refractivity contribution is 9.10. The highest BCUT2D eigenvalue weighted by atomic mass is 79.9. The SMILES string of the molecule is CCCNC(=O)C(Cc1ccccc1)N(Cc1cccc(Br)c1)C(=O)COc1cccc(C)c1. The van der Waals surface area contributed by atoms with E-state index in [1.165, 1.54) is 0 Å². The molecule has 0 saturated carbocycles. The lowest BCUT2D eigenvalue weighted by Gasteiger charge is -2.31. The normalized spacial score (nSPS) is 11.5. The minimum absolute atomic E-state index is 0.149. The molecule has 0 radical (unpaired) electrons. The van der Waals surface area contributed by atoms with Crippen LogP contribution in [0.15, 0.2) is 83.3 Å². The number of rotatable bonds is 11. The highest BCUT2D eigenvalue weighted by Crippen LogP contribution is 2.19. The van der Waals surface area contributed by atoms with Gasteiger partial charge in [-0.1, -0.05) is 77.5 Å². The fourth-order valence-corrected chi connectivity index (χ4v) is 4.13. The largest absolute Gasteiger partial charge is 0.484 e. The van der Waals surface area contributed by atoms with Crippen molar-refractivity contribution in [3.63, 3.8) is 0 Å². The minimum Gasteiger partial charge on any atom is -0.484 e. The van der Waals surface area contributed by atoms with Crippen molar-refractivity contribution in [2.75, 3.05) is 13.2 Å². The van der Waals surface area contributed by atoms with Crippen LogP contribution in [0.2, 0.25) is 0 Å². The van der Waals surface area contributed by atoms with Gasteiger partial charge in [-0.15, -0.1) is 0 Å². The maximum absolute atomic E-state index is 13.5. The Labute approximate surface area is 210 Å². The molecule has 34 heavy (non-hydrogen) atoms. The maximum Gasteiger partial charge on any atom is 0.261 e. The molecule has 0 aliphatic heterocycles. The molecule has 5 nitrogen and oxygen atoms in total. The molecule has 6 heteroatoms. The second-order valence-electron chi connectivity index (χ2n) is 8.25. The molecule has 0 aliphatic rings. The summed E-state index contributed by atoms with van der Waals surface area (Å²) in [7, 11) is 0. The van der Waals surface area contributed by atoms with E-state index in [1.807, 2.05) is 92.7 Å². The first kappa shape index (κ1) is 25.5. The van der Waals surface area contributed by atoms with Gasteiger partial charge in [0.25, 0.3) is 5.91 Å². The summed E-state index contributed by atoms with van der Waals surface area (Å²) >= 11 is 3.50. The van der Waals surface area contributed by atoms with E-state index in [0.717, 1.165) is 27.6 Å². The molecule has 0 saturated heterocycles. The summed E-state index contributed by atoms with van der Waals surface area (Å²) in [6.07, 6.45) is 1.24. The number of hydrogen-bond acceptors (Lipinski definition) is 3. The van der Waals surface area contributed by atoms with E-state index >= 15 is 0 Å². The smallest absolute Gasteiger partial charge is 0.261 e. The van der Waals surface area contributed by atoms with Gasteiger partial charge in [0.1, 0.15) is 11.8 Å². The zero-order valence-electron chi connectivity index (χ0n) is 19.7. The van der Waals surface area contributed by atoms with E-state index in [4.69, 9.17) is 4.74 Å². The van der Waals surface area contributed by atoms with Crippen LogP contribution in [0.5, 0.6) is 5.75 Å². The highest BCUT2D eigenvalue weighted by Gasteiger charge is 2.30. The predicted octanol–water partition coefficient (Wildman–Crippen LogP) is 5.30. The van der Waals surface area contributed by atoms with Crippen LogP contribution in [-0.4, -0.2) is 35.9 Å². The van der Waals surface area contributed by atoms with E-state index in [-0.39, 0.29) is 18.4 Å². The van der Waals surface area contributed by atoms with Crippen LogP contribution in [0.3, 0.4) is 0 Å². The Morgan fingerprint density at radius 1 is 0.971 bits per heavy atom. The van der Waals surface area contributed by atoms with Gasteiger partial charge in [0, 0.05) is 24.0 Å². The van der Waals surface area contributed by atoms with Crippen molar-refractivity contribution in [2.24, 2.45) is 0 Å². The molecule has 1 atom stereocenters. The molecule has 0 spiro atoms. The topological polar surface area (TPSA) is 58.6 Å². The Morgan fingerprint density at radius 3 is 2.41 bits per heavy atom. The number of carbonyl (C=O) groups excluding carboxylic acids is 2. The molecule has 178 valence electrons. The van der Waals surface area contributed by atoms with Gasteiger partial charge in [-0.2, -0.15) is 0 Å². The Bertz CT molecular complexity index is 1090. The van der Waals surface area contributed by atoms with Crippen LogP contribution in [0.4, 0.5) is 0 Å². The molecule has 0 fully saturated rings. The van der Waals surface area contributed by atoms with Gasteiger partial charge < -0.3 is 15.0 Å². The number of aryl methyl sites for hydroxylation is 1. The molecular formula is C28H31BrN2O3. The van der Waals surface area contributed by atoms with Crippen molar-refractivity contribution in [3.8, 4) is 5.75 Å². The van der Waals surface area contributed by atoms with E-state index in [2.05, 4.69) is 21.2 Å². The third-order valence-corrected chi connectivity index (χ3v) is 5.91. The summed E-state index contributed by atoms with van der Waals surface area (Å²) in [5.74, 6) is 0.226. The summed E-state index contributed by atoms with van der Waals surface area (Å²) in [6.45, 7) is 4.69. The first-order valence-corrected chi connectivity index (χ1v) is 12.3. The van der Waals surface area contributed by atoms with Gasteiger partial charge in [0.15, 0.2) is 6.61 Å². The summed E-state index contributed by atoms with van der Waals surface area (Å²) in [4.78, 5) is 28.4. The van der Waals surface area contributed by atoms with Crippen molar-refractivity contribution in [1.29, 1.82) is 0 Å². The number of halogens is 1. The van der Waals surface area contributed by atoms with Crippen molar-refractivity contribution >= 4 is 27.7 Å². The van der Waals surface area contributed by atoms with Gasteiger partial charge in [0.05, 0.1) is 0 Å². The summed E-state index contributed by atoms with van der Waals surface area (Å²) in [5.41, 5.74) is 2.97. The molecule has 2 amide bonds. The van der Waals surface area contributed by atoms with Crippen molar-refractivity contribution < 1.29 is 14.3 Å². The number of nitrogens with one attached hydrogen (secondary N) is 1. The average Bonchev–Trinajstić information content (AvgIpc) is 2.84. The summed E-state index contributed by atoms with van der Waals surface area (Å²) in [5, 5.41) is 2.98. The van der Waals surface area contributed by atoms with Gasteiger partial charge in [-0.3, -0.25) is 9.59 Å². The number of amides is 2. The van der Waals surface area contributed by atoms with Gasteiger partial charge in [-0.05, 0) is 54.3 Å². The lowest BCUT2D eigenvalue weighted by atomic mass is 10.0. The molecule has 0 aliphatic carbocycles. The Morgan fingerprint density at radius 2 is 1.71 bits per heavy atom. The van der Waals surface area contributed by atoms with Gasteiger partial charge in [-0.25, -0.2) is 0 Å². The third-order valence-electron chi connectivity index (χ3n) is 5.41. The number of benzene rings is 3. The standard InChI is InChI=1S/C28H31BrN2O3/c1-3-15-30-28(33)26(18-22-10-5-4-6-11-22)31(19-23-12-8-13-24(29)17-23)27(32)20-34-25-14-7-9-21(2)16-25/h4-14,16-17,26H,3,15,18-20H2,1-2H3,(H,30,33). The zero-order chi connectivity index (χ0) is 24.3. The van der Waals surface area contributed by atoms with Gasteiger partial charge >= 0.3 is 0 Å². The van der Waals surface area contributed by atoms with Crippen LogP contribution in [0.1, 0.15) is 30.0 Å². The zero-order valence-corrected chi connectivity index (χ0v) is 21.3. The molecule has 3 aromatic rings. The predicted molar refractivity (Wildman–Crippen MR) is 139 cm³/mol. The van der Waals surface area contributed by atoms with Gasteiger partial charge in [0.2, 0.25) is 5.91 Å². The number of nitrogens with zero attached hydrogens (tertiary/aromatic N) is 1. The first-order valence-electron chi connectivity index (χ1n) is 11.5. The molecule has 0 bridgehead atoms. The van der Waals surface area contributed by atoms with E-state index < -0.39 is 6.04 Å². The molecule has 1 unspecified atom stereocenters. The van der Waals surface area contributed by atoms with Crippen LogP contribution in [0, 0.1) is 6.92 Å². The lowest BCUT2D eigenvalue weighted by molar-refractivity contribution is -0.142. The van der Waals surface area contributed by atoms with E-state index in [1.54, 1.807) is 4.90 Å². The monoisotopic (exact) mass is 522 g/mol. The molecule has 1 N–H and O–H groups in total. The fraction of sp³-hybridized carbons (Fsp3) is 0.286. The number of carbonyl (C=O) groups is 2. The Hall–Kier alpha value is -3.12. The molecule has 3 rings (SSSR count). The minimum atomic E-state index is -0.665. The van der Waals surface area contributed by atoms with Crippen LogP contribution in [0.25, 0.3) is 0 Å². The molecule has 0 heterocycles. The molecule has 3 aromatic carbocycles. The van der Waals surface area contributed by atoms with E-state index in [9.17, 15) is 9.59 Å². The van der Waals surface area contributed by atoms with Crippen molar-refractivity contribution in [2.45, 2.75) is 39.3 Å². The third kappa shape index (κ3) is 7.73. The first-order chi connectivity index (χ1) is 16.5. The maximum atomic E-state index is 13.5. The van der Waals surface area contributed by atoms with Crippen LogP contribution >= 0.6 is 15.9 Å². The van der Waals surface area contributed by atoms with Crippen LogP contribution in [-0.2, 0) is 22.6 Å². The molecule has 0 aromatic heterocycles. The summed E-state index contributed by atoms with van der Waals surface area (Å²) < 4.78 is 6.74. The quantitative estimate of drug-likeness (QED) is 0.371. The lowest BCUT2D eigenvalue weighted by Crippen LogP contribution is -2.51. The van der Waals surface area contributed by atoms with Crippen molar-refractivity contribution in [3.05, 3.63) is 100 Å². The number of ether oxygens (including phenoxy) is 1. The Kier molecular flexibility index (Phi) is 9.71. The summed E-state index contributed by atoms with van der Waals surface area (Å²) in [6, 6.07) is 24.5. The molecular weight excluding hydrogens is 492 g/mol. The van der Waals surface area contributed by atoms with Crippen molar-refractivity contribution in [1.82, 2.24) is 10.2 Å². The van der Waals surface area contributed by atoms with Crippen LogP contribution < -0.4 is 10.1 Å². The van der Waals surface area contributed by atoms with E-state index in [0.29, 0.717) is 25.3 Å². The Balaban J connectivity index is 1.89. The fourth-order valence-electron chi connectivity index (χ4n) is 3.69. The number of hydrogen-bond donors (Lipinski definition) is 1. The second kappa shape index (κ2) is 12.9. The average molecular weight is 523 g/mol. The second-order valence-corrected chi connectivity index (χ2v) is 9.17.